The molecule has 1 saturated heterocycles. The van der Waals surface area contributed by atoms with Crippen LogP contribution in [0.1, 0.15) is 16.1 Å². The van der Waals surface area contributed by atoms with Crippen molar-refractivity contribution in [3.8, 4) is 0 Å². The van der Waals surface area contributed by atoms with Crippen molar-refractivity contribution < 1.29 is 4.79 Å². The van der Waals surface area contributed by atoms with Crippen LogP contribution in [0.5, 0.6) is 0 Å². The molecule has 0 saturated carbocycles. The van der Waals surface area contributed by atoms with E-state index in [1.165, 1.54) is 11.3 Å². The summed E-state index contributed by atoms with van der Waals surface area (Å²) >= 11 is 0. The molecule has 4 heterocycles. The van der Waals surface area contributed by atoms with Crippen LogP contribution in [0.15, 0.2) is 54.9 Å². The van der Waals surface area contributed by atoms with Crippen LogP contribution in [-0.4, -0.2) is 63.7 Å². The van der Waals surface area contributed by atoms with Crippen molar-refractivity contribution >= 4 is 23.4 Å². The Morgan fingerprint density at radius 2 is 1.62 bits per heavy atom. The fraction of sp³-hybridized carbons (Fsp3) is 0.286. The third kappa shape index (κ3) is 3.37. The second-order valence-corrected chi connectivity index (χ2v) is 7.14. The Labute approximate surface area is 168 Å². The Hall–Kier alpha value is -3.55. The Kier molecular flexibility index (Phi) is 4.51. The van der Waals surface area contributed by atoms with E-state index in [0.29, 0.717) is 37.8 Å². The Bertz CT molecular complexity index is 1000. The highest BCUT2D eigenvalue weighted by Gasteiger charge is 2.25. The van der Waals surface area contributed by atoms with E-state index in [0.717, 1.165) is 18.8 Å². The monoisotopic (exact) mass is 387 g/mol. The summed E-state index contributed by atoms with van der Waals surface area (Å²) in [4.78, 5) is 27.4. The molecule has 0 bridgehead atoms. The number of nitrogens with zero attached hydrogens (tertiary/aromatic N) is 7. The summed E-state index contributed by atoms with van der Waals surface area (Å²) in [5.74, 6) is 1.40. The minimum Gasteiger partial charge on any atom is -0.337 e. The second kappa shape index (κ2) is 7.46. The average molecular weight is 387 g/mol. The van der Waals surface area contributed by atoms with Gasteiger partial charge < -0.3 is 14.7 Å². The number of amides is 1. The van der Waals surface area contributed by atoms with Gasteiger partial charge in [0.25, 0.3) is 5.91 Å². The van der Waals surface area contributed by atoms with E-state index in [1.54, 1.807) is 24.5 Å². The maximum Gasteiger partial charge on any atom is 0.274 e. The summed E-state index contributed by atoms with van der Waals surface area (Å²) in [5, 5.41) is 8.56. The van der Waals surface area contributed by atoms with Gasteiger partial charge in [0.15, 0.2) is 11.5 Å². The average Bonchev–Trinajstić information content (AvgIpc) is 3.24. The van der Waals surface area contributed by atoms with Crippen molar-refractivity contribution in [3.63, 3.8) is 0 Å². The molecular weight excluding hydrogens is 366 g/mol. The minimum absolute atomic E-state index is 0.0838. The second-order valence-electron chi connectivity index (χ2n) is 7.14. The molecule has 146 valence electrons. The number of fused-ring (bicyclic) bond motifs is 1. The minimum atomic E-state index is -0.0838. The number of hydrogen-bond acceptors (Lipinski definition) is 7. The van der Waals surface area contributed by atoms with E-state index < -0.39 is 0 Å². The van der Waals surface area contributed by atoms with Gasteiger partial charge in [0.05, 0.1) is 0 Å². The van der Waals surface area contributed by atoms with E-state index in [4.69, 9.17) is 0 Å². The van der Waals surface area contributed by atoms with Gasteiger partial charge in [0.1, 0.15) is 0 Å². The van der Waals surface area contributed by atoms with Gasteiger partial charge in [-0.15, -0.1) is 10.2 Å². The summed E-state index contributed by atoms with van der Waals surface area (Å²) in [6.07, 6.45) is 4.46. The van der Waals surface area contributed by atoms with E-state index in [2.05, 4.69) is 48.2 Å². The van der Waals surface area contributed by atoms with Gasteiger partial charge in [-0.1, -0.05) is 18.2 Å². The van der Waals surface area contributed by atoms with Crippen molar-refractivity contribution in [1.82, 2.24) is 25.1 Å². The third-order valence-corrected chi connectivity index (χ3v) is 5.44. The lowest BCUT2D eigenvalue weighted by Gasteiger charge is -2.34. The lowest BCUT2D eigenvalue weighted by atomic mass is 10.2. The molecule has 0 unspecified atom stereocenters. The number of para-hydroxylation sites is 1. The smallest absolute Gasteiger partial charge is 0.274 e. The predicted molar refractivity (Wildman–Crippen MR) is 109 cm³/mol. The molecule has 1 fully saturated rings. The van der Waals surface area contributed by atoms with Crippen molar-refractivity contribution in [2.45, 2.75) is 6.42 Å². The molecule has 3 aromatic rings. The van der Waals surface area contributed by atoms with Gasteiger partial charge in [-0.2, -0.15) is 0 Å². The van der Waals surface area contributed by atoms with Crippen LogP contribution in [0.2, 0.25) is 0 Å². The number of carbonyl (C=O) groups is 1. The summed E-state index contributed by atoms with van der Waals surface area (Å²) in [6, 6.07) is 13.8. The highest BCUT2D eigenvalue weighted by molar-refractivity contribution is 5.92. The highest BCUT2D eigenvalue weighted by atomic mass is 16.2. The molecule has 0 N–H and O–H groups in total. The zero-order valence-electron chi connectivity index (χ0n) is 16.0. The standard InChI is InChI=1S/C21H21N7O/c29-20(26-12-14-27(15-13-26)21-22-9-3-10-23-21)17-6-7-19(25-24-17)28-11-8-16-4-1-2-5-18(16)28/h1-7,9-10H,8,11-15H2. The molecule has 5 rings (SSSR count). The number of hydrogen-bond donors (Lipinski definition) is 0. The molecule has 2 aliphatic rings. The topological polar surface area (TPSA) is 78.4 Å². The van der Waals surface area contributed by atoms with Crippen LogP contribution in [0, 0.1) is 0 Å². The van der Waals surface area contributed by atoms with Crippen LogP contribution >= 0.6 is 0 Å². The fourth-order valence-electron chi connectivity index (χ4n) is 3.89. The first-order valence-electron chi connectivity index (χ1n) is 9.80. The number of anilines is 3. The zero-order chi connectivity index (χ0) is 19.6. The molecule has 2 aliphatic heterocycles. The lowest BCUT2D eigenvalue weighted by Crippen LogP contribution is -2.49. The number of piperazine rings is 1. The van der Waals surface area contributed by atoms with Crippen molar-refractivity contribution in [2.24, 2.45) is 0 Å². The van der Waals surface area contributed by atoms with E-state index in [1.807, 2.05) is 17.0 Å². The van der Waals surface area contributed by atoms with Crippen LogP contribution in [0.25, 0.3) is 0 Å². The molecule has 0 atom stereocenters. The number of aromatic nitrogens is 4. The van der Waals surface area contributed by atoms with E-state index >= 15 is 0 Å². The number of carbonyl (C=O) groups excluding carboxylic acids is 1. The molecular formula is C21H21N7O. The van der Waals surface area contributed by atoms with Crippen LogP contribution in [0.4, 0.5) is 17.5 Å². The van der Waals surface area contributed by atoms with Gasteiger partial charge in [0, 0.05) is 50.8 Å². The molecule has 1 amide bonds. The molecule has 1 aromatic carbocycles. The van der Waals surface area contributed by atoms with Gasteiger partial charge in [-0.25, -0.2) is 9.97 Å². The molecule has 0 aliphatic carbocycles. The molecule has 29 heavy (non-hydrogen) atoms. The van der Waals surface area contributed by atoms with Gasteiger partial charge in [-0.05, 0) is 36.2 Å². The third-order valence-electron chi connectivity index (χ3n) is 5.44. The first-order chi connectivity index (χ1) is 14.3. The van der Waals surface area contributed by atoms with Crippen molar-refractivity contribution in [1.29, 1.82) is 0 Å². The van der Waals surface area contributed by atoms with Crippen LogP contribution < -0.4 is 9.80 Å². The summed E-state index contributed by atoms with van der Waals surface area (Å²) < 4.78 is 0. The first kappa shape index (κ1) is 17.5. The van der Waals surface area contributed by atoms with Gasteiger partial charge >= 0.3 is 0 Å². The van der Waals surface area contributed by atoms with E-state index in [-0.39, 0.29) is 5.91 Å². The van der Waals surface area contributed by atoms with Crippen molar-refractivity contribution in [3.05, 3.63) is 66.1 Å². The zero-order valence-corrected chi connectivity index (χ0v) is 16.0. The van der Waals surface area contributed by atoms with Gasteiger partial charge in [-0.3, -0.25) is 4.79 Å². The first-order valence-corrected chi connectivity index (χ1v) is 9.80. The number of benzene rings is 1. The lowest BCUT2D eigenvalue weighted by molar-refractivity contribution is 0.0739. The van der Waals surface area contributed by atoms with Crippen LogP contribution in [0.3, 0.4) is 0 Å². The van der Waals surface area contributed by atoms with Gasteiger partial charge in [0.2, 0.25) is 5.95 Å². The summed E-state index contributed by atoms with van der Waals surface area (Å²) in [7, 11) is 0. The molecule has 0 radical (unpaired) electrons. The Balaban J connectivity index is 1.25. The SMILES string of the molecule is O=C(c1ccc(N2CCc3ccccc32)nn1)N1CCN(c2ncccn2)CC1. The van der Waals surface area contributed by atoms with E-state index in [9.17, 15) is 4.79 Å². The predicted octanol–water partition coefficient (Wildman–Crippen LogP) is 1.92. The fourth-order valence-corrected chi connectivity index (χ4v) is 3.89. The number of rotatable bonds is 3. The Morgan fingerprint density at radius 1 is 0.828 bits per heavy atom. The normalized spacial score (nSPS) is 16.1. The molecule has 8 nitrogen and oxygen atoms in total. The molecule has 2 aromatic heterocycles. The maximum atomic E-state index is 12.8. The van der Waals surface area contributed by atoms with Crippen LogP contribution in [-0.2, 0) is 6.42 Å². The quantitative estimate of drug-likeness (QED) is 0.679. The summed E-state index contributed by atoms with van der Waals surface area (Å²) in [5.41, 5.74) is 2.86. The largest absolute Gasteiger partial charge is 0.337 e. The molecule has 8 heteroatoms. The Morgan fingerprint density at radius 3 is 2.38 bits per heavy atom. The van der Waals surface area contributed by atoms with Crippen molar-refractivity contribution in [2.75, 3.05) is 42.5 Å². The molecule has 0 spiro atoms. The summed E-state index contributed by atoms with van der Waals surface area (Å²) in [6.45, 7) is 3.50. The maximum absolute atomic E-state index is 12.8. The highest BCUT2D eigenvalue weighted by Crippen LogP contribution is 2.32.